The molecule has 0 aromatic carbocycles. The molecule has 30 heavy (non-hydrogen) atoms. The molecule has 0 saturated carbocycles. The number of hydrogen-bond acceptors (Lipinski definition) is 2. The van der Waals surface area contributed by atoms with Crippen LogP contribution in [0.15, 0.2) is 36.6 Å². The van der Waals surface area contributed by atoms with Gasteiger partial charge in [-0.15, -0.1) is 0 Å². The Morgan fingerprint density at radius 3 is 1.43 bits per heavy atom. The molecule has 0 aliphatic carbocycles. The standard InChI is InChI=1S/C16H30O.C12H24O/c1-2-3-4-5-6-7-8-9-10-11-12-13-14-15-16-17;1-2-3-4-5-6-7-8-9-10-11-12-13/h13-17H,2-12H2,1H3;3-4,13H,2,5-12H2,1H3/b14-13+,16-15+;4-3-. The molecule has 0 amide bonds. The van der Waals surface area contributed by atoms with Crippen LogP contribution in [0.1, 0.15) is 136 Å². The molecular weight excluding hydrogens is 368 g/mol. The first-order valence-corrected chi connectivity index (χ1v) is 13.0. The summed E-state index contributed by atoms with van der Waals surface area (Å²) < 4.78 is 0. The molecule has 178 valence electrons. The van der Waals surface area contributed by atoms with Crippen molar-refractivity contribution in [1.82, 2.24) is 0 Å². The Kier molecular flexibility index (Phi) is 33.9. The van der Waals surface area contributed by atoms with Crippen LogP contribution in [0.5, 0.6) is 0 Å². The zero-order valence-electron chi connectivity index (χ0n) is 20.5. The van der Waals surface area contributed by atoms with E-state index in [0.29, 0.717) is 6.61 Å². The summed E-state index contributed by atoms with van der Waals surface area (Å²) in [4.78, 5) is 0. The molecule has 2 nitrogen and oxygen atoms in total. The van der Waals surface area contributed by atoms with Crippen LogP contribution < -0.4 is 0 Å². The first-order valence-electron chi connectivity index (χ1n) is 13.0. The van der Waals surface area contributed by atoms with Crippen molar-refractivity contribution in [3.8, 4) is 0 Å². The van der Waals surface area contributed by atoms with Crippen molar-refractivity contribution in [3.63, 3.8) is 0 Å². The quantitative estimate of drug-likeness (QED) is 0.0836. The van der Waals surface area contributed by atoms with Gasteiger partial charge >= 0.3 is 0 Å². The van der Waals surface area contributed by atoms with Gasteiger partial charge in [0.05, 0.1) is 6.26 Å². The lowest BCUT2D eigenvalue weighted by Gasteiger charge is -2.01. The number of aliphatic hydroxyl groups is 2. The summed E-state index contributed by atoms with van der Waals surface area (Å²) in [5.41, 5.74) is 0. The van der Waals surface area contributed by atoms with E-state index in [1.165, 1.54) is 103 Å². The number of rotatable bonds is 21. The average Bonchev–Trinajstić information content (AvgIpc) is 2.76. The molecule has 0 radical (unpaired) electrons. The number of allylic oxidation sites excluding steroid dienone is 5. The third-order valence-corrected chi connectivity index (χ3v) is 5.24. The van der Waals surface area contributed by atoms with E-state index in [1.54, 1.807) is 6.08 Å². The normalized spacial score (nSPS) is 11.6. The second kappa shape index (κ2) is 32.6. The van der Waals surface area contributed by atoms with Crippen molar-refractivity contribution < 1.29 is 10.2 Å². The molecule has 0 aliphatic rings. The molecule has 0 unspecified atom stereocenters. The topological polar surface area (TPSA) is 40.5 Å². The van der Waals surface area contributed by atoms with E-state index in [2.05, 4.69) is 32.1 Å². The molecular formula is C28H54O2. The molecule has 0 aromatic rings. The van der Waals surface area contributed by atoms with Crippen LogP contribution in [0, 0.1) is 0 Å². The van der Waals surface area contributed by atoms with Gasteiger partial charge in [0.2, 0.25) is 0 Å². The highest BCUT2D eigenvalue weighted by Crippen LogP contribution is 2.11. The largest absolute Gasteiger partial charge is 0.516 e. The van der Waals surface area contributed by atoms with E-state index in [1.807, 2.05) is 6.08 Å². The van der Waals surface area contributed by atoms with E-state index >= 15 is 0 Å². The summed E-state index contributed by atoms with van der Waals surface area (Å²) in [5, 5.41) is 17.0. The number of aliphatic hydroxyl groups excluding tert-OH is 2. The summed E-state index contributed by atoms with van der Waals surface area (Å²) in [5.74, 6) is 0. The van der Waals surface area contributed by atoms with E-state index < -0.39 is 0 Å². The van der Waals surface area contributed by atoms with Crippen LogP contribution in [0.3, 0.4) is 0 Å². The van der Waals surface area contributed by atoms with Gasteiger partial charge in [0, 0.05) is 6.61 Å². The Morgan fingerprint density at radius 2 is 0.967 bits per heavy atom. The van der Waals surface area contributed by atoms with Crippen molar-refractivity contribution in [3.05, 3.63) is 36.6 Å². The predicted molar refractivity (Wildman–Crippen MR) is 136 cm³/mol. The average molecular weight is 423 g/mol. The van der Waals surface area contributed by atoms with Gasteiger partial charge in [-0.25, -0.2) is 0 Å². The summed E-state index contributed by atoms with van der Waals surface area (Å²) in [6, 6.07) is 0. The highest BCUT2D eigenvalue weighted by atomic mass is 16.3. The molecule has 0 rings (SSSR count). The zero-order chi connectivity index (χ0) is 22.4. The summed E-state index contributed by atoms with van der Waals surface area (Å²) in [7, 11) is 0. The number of unbranched alkanes of at least 4 members (excludes halogenated alkanes) is 16. The maximum absolute atomic E-state index is 8.56. The maximum Gasteiger partial charge on any atom is 0.0791 e. The molecule has 0 heterocycles. The lowest BCUT2D eigenvalue weighted by molar-refractivity contribution is 0.282. The van der Waals surface area contributed by atoms with Crippen LogP contribution in [0.2, 0.25) is 0 Å². The fourth-order valence-electron chi connectivity index (χ4n) is 3.34. The Bertz CT molecular complexity index is 358. The zero-order valence-corrected chi connectivity index (χ0v) is 20.5. The van der Waals surface area contributed by atoms with E-state index in [4.69, 9.17) is 10.2 Å². The molecule has 2 N–H and O–H groups in total. The molecule has 0 bridgehead atoms. The minimum Gasteiger partial charge on any atom is -0.516 e. The molecule has 0 aliphatic heterocycles. The van der Waals surface area contributed by atoms with Gasteiger partial charge < -0.3 is 10.2 Å². The van der Waals surface area contributed by atoms with Crippen molar-refractivity contribution in [2.45, 2.75) is 136 Å². The second-order valence-electron chi connectivity index (χ2n) is 8.25. The van der Waals surface area contributed by atoms with Crippen LogP contribution in [0.25, 0.3) is 0 Å². The van der Waals surface area contributed by atoms with Gasteiger partial charge in [0.15, 0.2) is 0 Å². The summed E-state index contributed by atoms with van der Waals surface area (Å²) in [6.07, 6.45) is 36.2. The lowest BCUT2D eigenvalue weighted by atomic mass is 10.1. The van der Waals surface area contributed by atoms with Gasteiger partial charge in [-0.05, 0) is 44.6 Å². The van der Waals surface area contributed by atoms with Crippen molar-refractivity contribution in [1.29, 1.82) is 0 Å². The molecule has 0 aromatic heterocycles. The molecule has 0 fully saturated rings. The minimum atomic E-state index is 0.360. The molecule has 2 heteroatoms. The van der Waals surface area contributed by atoms with Gasteiger partial charge in [-0.3, -0.25) is 0 Å². The summed E-state index contributed by atoms with van der Waals surface area (Å²) >= 11 is 0. The van der Waals surface area contributed by atoms with Crippen LogP contribution in [0.4, 0.5) is 0 Å². The van der Waals surface area contributed by atoms with Gasteiger partial charge in [-0.2, -0.15) is 0 Å². The first kappa shape index (κ1) is 31.2. The van der Waals surface area contributed by atoms with Gasteiger partial charge in [0.1, 0.15) is 0 Å². The second-order valence-corrected chi connectivity index (χ2v) is 8.25. The van der Waals surface area contributed by atoms with Crippen molar-refractivity contribution in [2.75, 3.05) is 6.61 Å². The molecule has 0 spiro atoms. The van der Waals surface area contributed by atoms with E-state index in [0.717, 1.165) is 25.5 Å². The SMILES string of the molecule is CC/C=C\CCCCCCCCO.CCCCCCCCCCCC/C=C/C=C/O. The highest BCUT2D eigenvalue weighted by molar-refractivity contribution is 4.98. The third kappa shape index (κ3) is 34.5. The summed E-state index contributed by atoms with van der Waals surface area (Å²) in [6.45, 7) is 4.80. The van der Waals surface area contributed by atoms with E-state index in [9.17, 15) is 0 Å². The fourth-order valence-corrected chi connectivity index (χ4v) is 3.34. The van der Waals surface area contributed by atoms with Crippen LogP contribution >= 0.6 is 0 Å². The Labute approximate surface area is 189 Å². The lowest BCUT2D eigenvalue weighted by Crippen LogP contribution is -1.83. The Balaban J connectivity index is 0. The van der Waals surface area contributed by atoms with Crippen LogP contribution in [-0.2, 0) is 0 Å². The fraction of sp³-hybridized carbons (Fsp3) is 0.786. The Hall–Kier alpha value is -1.02. The van der Waals surface area contributed by atoms with E-state index in [-0.39, 0.29) is 0 Å². The minimum absolute atomic E-state index is 0.360. The van der Waals surface area contributed by atoms with Crippen LogP contribution in [-0.4, -0.2) is 16.8 Å². The smallest absolute Gasteiger partial charge is 0.0791 e. The van der Waals surface area contributed by atoms with Crippen molar-refractivity contribution in [2.24, 2.45) is 0 Å². The Morgan fingerprint density at radius 1 is 0.500 bits per heavy atom. The highest BCUT2D eigenvalue weighted by Gasteiger charge is 1.91. The monoisotopic (exact) mass is 422 g/mol. The maximum atomic E-state index is 8.56. The number of hydrogen-bond donors (Lipinski definition) is 2. The molecule has 0 saturated heterocycles. The first-order chi connectivity index (χ1) is 14.8. The van der Waals surface area contributed by atoms with Gasteiger partial charge in [-0.1, -0.05) is 122 Å². The predicted octanol–water partition coefficient (Wildman–Crippen LogP) is 9.60. The third-order valence-electron chi connectivity index (χ3n) is 5.24. The van der Waals surface area contributed by atoms with Gasteiger partial charge in [0.25, 0.3) is 0 Å². The molecule has 0 atom stereocenters. The van der Waals surface area contributed by atoms with Crippen molar-refractivity contribution >= 4 is 0 Å².